The molecule has 4 nitrogen and oxygen atoms in total. The van der Waals surface area contributed by atoms with Gasteiger partial charge in [-0.15, -0.1) is 0 Å². The van der Waals surface area contributed by atoms with Crippen molar-refractivity contribution in [3.05, 3.63) is 62.4 Å². The van der Waals surface area contributed by atoms with Crippen molar-refractivity contribution in [3.8, 4) is 17.2 Å². The van der Waals surface area contributed by atoms with Crippen molar-refractivity contribution in [1.29, 1.82) is 0 Å². The Morgan fingerprint density at radius 2 is 2.00 bits per heavy atom. The van der Waals surface area contributed by atoms with E-state index in [0.717, 1.165) is 9.13 Å². The van der Waals surface area contributed by atoms with E-state index in [1.165, 1.54) is 0 Å². The Hall–Kier alpha value is -1.60. The second kappa shape index (κ2) is 6.03. The van der Waals surface area contributed by atoms with Crippen LogP contribution in [0.2, 0.25) is 5.02 Å². The van der Waals surface area contributed by atoms with Crippen LogP contribution in [0.25, 0.3) is 11.5 Å². The maximum Gasteiger partial charge on any atom is 0.261 e. The number of hydrogen-bond acceptors (Lipinski definition) is 4. The monoisotopic (exact) mass is 412 g/mol. The minimum atomic E-state index is 0.114. The van der Waals surface area contributed by atoms with E-state index >= 15 is 0 Å². The molecule has 2 aromatic carbocycles. The number of rotatable bonds is 3. The molecule has 0 radical (unpaired) electrons. The Labute approximate surface area is 139 Å². The Morgan fingerprint density at radius 3 is 2.81 bits per heavy atom. The average Bonchev–Trinajstić information content (AvgIpc) is 2.92. The summed E-state index contributed by atoms with van der Waals surface area (Å²) in [7, 11) is 0. The molecule has 0 saturated carbocycles. The lowest BCUT2D eigenvalue weighted by Gasteiger charge is -2.00. The van der Waals surface area contributed by atoms with Crippen LogP contribution in [0.5, 0.6) is 5.75 Å². The van der Waals surface area contributed by atoms with Crippen LogP contribution in [0.4, 0.5) is 0 Å². The minimum Gasteiger partial charge on any atom is -0.507 e. The van der Waals surface area contributed by atoms with Crippen LogP contribution in [0.15, 0.2) is 47.0 Å². The molecular formula is C15H10ClIN2O2. The predicted molar refractivity (Wildman–Crippen MR) is 88.4 cm³/mol. The van der Waals surface area contributed by atoms with Crippen molar-refractivity contribution in [1.82, 2.24) is 10.1 Å². The van der Waals surface area contributed by atoms with Crippen molar-refractivity contribution in [2.24, 2.45) is 0 Å². The van der Waals surface area contributed by atoms with Crippen molar-refractivity contribution in [3.63, 3.8) is 0 Å². The molecule has 1 heterocycles. The molecule has 0 amide bonds. The summed E-state index contributed by atoms with van der Waals surface area (Å²) in [5.74, 6) is 0.938. The molecule has 0 aliphatic heterocycles. The third-order valence-corrected chi connectivity index (χ3v) is 4.00. The molecular weight excluding hydrogens is 403 g/mol. The third-order valence-electron chi connectivity index (χ3n) is 2.96. The molecule has 0 fully saturated rings. The fourth-order valence-corrected chi connectivity index (χ4v) is 2.62. The average molecular weight is 413 g/mol. The van der Waals surface area contributed by atoms with E-state index < -0.39 is 0 Å². The highest BCUT2D eigenvalue weighted by Crippen LogP contribution is 2.29. The zero-order chi connectivity index (χ0) is 14.8. The number of halogens is 2. The van der Waals surface area contributed by atoms with Gasteiger partial charge >= 0.3 is 0 Å². The van der Waals surface area contributed by atoms with Gasteiger partial charge in [-0.3, -0.25) is 0 Å². The molecule has 3 aromatic rings. The zero-order valence-corrected chi connectivity index (χ0v) is 13.7. The molecule has 1 aromatic heterocycles. The van der Waals surface area contributed by atoms with Crippen molar-refractivity contribution >= 4 is 34.2 Å². The van der Waals surface area contributed by atoms with Crippen molar-refractivity contribution in [2.75, 3.05) is 0 Å². The first-order chi connectivity index (χ1) is 10.1. The Kier molecular flexibility index (Phi) is 4.12. The van der Waals surface area contributed by atoms with E-state index in [2.05, 4.69) is 32.7 Å². The Balaban J connectivity index is 1.90. The Bertz CT molecular complexity index is 789. The lowest BCUT2D eigenvalue weighted by molar-refractivity contribution is 0.418. The molecule has 21 heavy (non-hydrogen) atoms. The first-order valence-electron chi connectivity index (χ1n) is 6.18. The minimum absolute atomic E-state index is 0.114. The first kappa shape index (κ1) is 14.3. The van der Waals surface area contributed by atoms with Gasteiger partial charge in [0, 0.05) is 15.0 Å². The van der Waals surface area contributed by atoms with Gasteiger partial charge in [-0.2, -0.15) is 4.98 Å². The molecule has 1 N–H and O–H groups in total. The summed E-state index contributed by atoms with van der Waals surface area (Å²) in [6, 6.07) is 12.7. The van der Waals surface area contributed by atoms with E-state index in [1.54, 1.807) is 18.2 Å². The summed E-state index contributed by atoms with van der Waals surface area (Å²) in [5.41, 5.74) is 1.46. The molecule has 3 rings (SSSR count). The molecule has 0 aliphatic carbocycles. The second-order valence-electron chi connectivity index (χ2n) is 4.45. The molecule has 0 saturated heterocycles. The maximum atomic E-state index is 9.88. The largest absolute Gasteiger partial charge is 0.507 e. The number of phenols is 1. The van der Waals surface area contributed by atoms with Crippen molar-refractivity contribution in [2.45, 2.75) is 6.42 Å². The van der Waals surface area contributed by atoms with E-state index in [9.17, 15) is 5.11 Å². The van der Waals surface area contributed by atoms with Crippen LogP contribution in [-0.4, -0.2) is 15.2 Å². The summed E-state index contributed by atoms with van der Waals surface area (Å²) in [6.45, 7) is 0. The molecule has 0 unspecified atom stereocenters. The maximum absolute atomic E-state index is 9.88. The summed E-state index contributed by atoms with van der Waals surface area (Å²) >= 11 is 8.28. The lowest BCUT2D eigenvalue weighted by Crippen LogP contribution is -1.91. The fourth-order valence-electron chi connectivity index (χ4n) is 1.93. The molecule has 0 atom stereocenters. The van der Waals surface area contributed by atoms with Gasteiger partial charge in [0.1, 0.15) is 5.75 Å². The van der Waals surface area contributed by atoms with E-state index in [0.29, 0.717) is 28.7 Å². The number of nitrogens with zero attached hydrogens (tertiary/aromatic N) is 2. The quantitative estimate of drug-likeness (QED) is 0.652. The Morgan fingerprint density at radius 1 is 1.19 bits per heavy atom. The summed E-state index contributed by atoms with van der Waals surface area (Å²) in [6.07, 6.45) is 0.480. The van der Waals surface area contributed by atoms with Crippen LogP contribution < -0.4 is 0 Å². The predicted octanol–water partition coefficient (Wildman–Crippen LogP) is 4.29. The molecule has 106 valence electrons. The van der Waals surface area contributed by atoms with Crippen LogP contribution in [0, 0.1) is 3.57 Å². The van der Waals surface area contributed by atoms with Crippen LogP contribution in [0.1, 0.15) is 11.4 Å². The number of benzene rings is 2. The lowest BCUT2D eigenvalue weighted by atomic mass is 10.1. The molecule has 6 heteroatoms. The summed E-state index contributed by atoms with van der Waals surface area (Å²) < 4.78 is 6.21. The molecule has 0 aliphatic rings. The highest BCUT2D eigenvalue weighted by molar-refractivity contribution is 14.1. The smallest absolute Gasteiger partial charge is 0.261 e. The molecule has 0 spiro atoms. The van der Waals surface area contributed by atoms with Crippen LogP contribution in [-0.2, 0) is 6.42 Å². The summed E-state index contributed by atoms with van der Waals surface area (Å²) in [5, 5.41) is 14.5. The van der Waals surface area contributed by atoms with Gasteiger partial charge < -0.3 is 9.63 Å². The standard InChI is InChI=1S/C15H10ClIN2O2/c16-12-4-2-1-3-9(12)7-14-18-15(21-19-14)11-8-10(17)5-6-13(11)20/h1-6,8,20H,7H2. The normalized spacial score (nSPS) is 10.8. The van der Waals surface area contributed by atoms with Crippen LogP contribution >= 0.6 is 34.2 Å². The van der Waals surface area contributed by atoms with Gasteiger partial charge in [0.2, 0.25) is 0 Å². The van der Waals surface area contributed by atoms with Gasteiger partial charge in [-0.05, 0) is 52.4 Å². The topological polar surface area (TPSA) is 59.2 Å². The van der Waals surface area contributed by atoms with E-state index in [4.69, 9.17) is 16.1 Å². The first-order valence-corrected chi connectivity index (χ1v) is 7.64. The van der Waals surface area contributed by atoms with Gasteiger partial charge in [0.15, 0.2) is 5.82 Å². The van der Waals surface area contributed by atoms with Gasteiger partial charge in [0.05, 0.1) is 5.56 Å². The number of aromatic nitrogens is 2. The summed E-state index contributed by atoms with van der Waals surface area (Å²) in [4.78, 5) is 4.32. The van der Waals surface area contributed by atoms with Crippen molar-refractivity contribution < 1.29 is 9.63 Å². The fraction of sp³-hybridized carbons (Fsp3) is 0.0667. The SMILES string of the molecule is Oc1ccc(I)cc1-c1nc(Cc2ccccc2Cl)no1. The highest BCUT2D eigenvalue weighted by Gasteiger charge is 2.14. The van der Waals surface area contributed by atoms with Crippen LogP contribution in [0.3, 0.4) is 0 Å². The highest BCUT2D eigenvalue weighted by atomic mass is 127. The van der Waals surface area contributed by atoms with E-state index in [-0.39, 0.29) is 5.75 Å². The van der Waals surface area contributed by atoms with Gasteiger partial charge in [-0.1, -0.05) is 35.0 Å². The van der Waals surface area contributed by atoms with E-state index in [1.807, 2.05) is 24.3 Å². The molecule has 0 bridgehead atoms. The van der Waals surface area contributed by atoms with Gasteiger partial charge in [0.25, 0.3) is 5.89 Å². The zero-order valence-electron chi connectivity index (χ0n) is 10.8. The third kappa shape index (κ3) is 3.19. The number of phenolic OH excluding ortho intramolecular Hbond substituents is 1. The number of aromatic hydroxyl groups is 1. The number of hydrogen-bond donors (Lipinski definition) is 1. The second-order valence-corrected chi connectivity index (χ2v) is 6.10. The van der Waals surface area contributed by atoms with Gasteiger partial charge in [-0.25, -0.2) is 0 Å².